The van der Waals surface area contributed by atoms with E-state index < -0.39 is 35.8 Å². The summed E-state index contributed by atoms with van der Waals surface area (Å²) in [6.07, 6.45) is -0.749. The van der Waals surface area contributed by atoms with Gasteiger partial charge in [-0.25, -0.2) is 14.4 Å². The first-order valence-corrected chi connectivity index (χ1v) is 29.2. The second-order valence-corrected chi connectivity index (χ2v) is 22.5. The highest BCUT2D eigenvalue weighted by molar-refractivity contribution is 7.13. The van der Waals surface area contributed by atoms with E-state index in [1.54, 1.807) is 47.7 Å². The van der Waals surface area contributed by atoms with Crippen molar-refractivity contribution in [3.63, 3.8) is 0 Å². The molecule has 0 radical (unpaired) electrons. The SMILES string of the molecule is COc1cc(-c2scnc2C)ccc1[C@H](C)NC(=O)C1CC(O)CN1C(=O)[C@H](c1cc(OCCOCCOCCN(C)C(=O)CCNc2nc(N3CCN(C(C)=O)CC3)c3cc(Cl)c(-c4cc(O)cc5ccccc45)c(F)c3n2)no1)C(C)C. The number of phenols is 1. The number of aliphatic hydroxyl groups excluding tert-OH is 1. The minimum absolute atomic E-state index is 0.00384. The van der Waals surface area contributed by atoms with Crippen LogP contribution in [0.2, 0.25) is 5.02 Å². The third-order valence-corrected chi connectivity index (χ3v) is 16.4. The molecule has 2 saturated heterocycles. The van der Waals surface area contributed by atoms with Gasteiger partial charge in [0.15, 0.2) is 11.6 Å². The van der Waals surface area contributed by atoms with Crippen molar-refractivity contribution < 1.29 is 57.3 Å². The Morgan fingerprint density at radius 3 is 2.43 bits per heavy atom. The van der Waals surface area contributed by atoms with Gasteiger partial charge in [0.2, 0.25) is 29.6 Å². The number of hydrogen-bond donors (Lipinski definition) is 4. The van der Waals surface area contributed by atoms with Gasteiger partial charge in [-0.3, -0.25) is 19.2 Å². The number of nitrogens with zero attached hydrogens (tertiary/aromatic N) is 8. The van der Waals surface area contributed by atoms with E-state index in [0.717, 1.165) is 21.7 Å². The number of benzene rings is 4. The number of phenolic OH excluding ortho intramolecular Hbond substituents is 1. The van der Waals surface area contributed by atoms with Gasteiger partial charge in [0, 0.05) is 95.2 Å². The molecule has 2 unspecified atom stereocenters. The van der Waals surface area contributed by atoms with Gasteiger partial charge in [0.1, 0.15) is 41.4 Å². The van der Waals surface area contributed by atoms with Crippen LogP contribution < -0.4 is 25.0 Å². The number of methoxy groups -OCH3 is 1. The number of amides is 4. The second kappa shape index (κ2) is 27.3. The number of rotatable bonds is 24. The van der Waals surface area contributed by atoms with Crippen molar-refractivity contribution in [3.05, 3.63) is 100 Å². The number of aromatic nitrogens is 4. The van der Waals surface area contributed by atoms with E-state index in [1.807, 2.05) is 75.1 Å². The number of thiazole rings is 1. The number of β-amino-alcohol motifs (C(OH)–C–C–N with tert-alkyl or cyclic N) is 1. The number of halogens is 2. The van der Waals surface area contributed by atoms with Gasteiger partial charge < -0.3 is 63.9 Å². The van der Waals surface area contributed by atoms with Crippen LogP contribution in [-0.4, -0.2) is 174 Å². The Balaban J connectivity index is 0.715. The predicted octanol–water partition coefficient (Wildman–Crippen LogP) is 8.00. The molecule has 4 aromatic carbocycles. The number of aliphatic hydroxyl groups is 1. The smallest absolute Gasteiger partial charge is 0.254 e. The number of likely N-dealkylation sites (N-methyl/N-ethyl adjacent to an activating group) is 1. The molecule has 5 heterocycles. The van der Waals surface area contributed by atoms with Gasteiger partial charge in [0.05, 0.1) is 66.8 Å². The number of piperazine rings is 1. The Bertz CT molecular complexity index is 3500. The molecule has 2 fully saturated rings. The topological polar surface area (TPSA) is 247 Å². The average Bonchev–Trinajstić information content (AvgIpc) is 1.53. The number of nitrogens with one attached hydrogen (secondary N) is 2. The summed E-state index contributed by atoms with van der Waals surface area (Å²) in [5.74, 6) is -1.25. The van der Waals surface area contributed by atoms with E-state index >= 15 is 4.39 Å². The van der Waals surface area contributed by atoms with Gasteiger partial charge in [0.25, 0.3) is 5.88 Å². The Morgan fingerprint density at radius 1 is 0.952 bits per heavy atom. The highest BCUT2D eigenvalue weighted by Crippen LogP contribution is 2.43. The third kappa shape index (κ3) is 13.9. The average molecular weight is 1190 g/mol. The fourth-order valence-corrected chi connectivity index (χ4v) is 11.8. The third-order valence-electron chi connectivity index (χ3n) is 15.1. The van der Waals surface area contributed by atoms with Gasteiger partial charge in [-0.15, -0.1) is 11.3 Å². The van der Waals surface area contributed by atoms with Gasteiger partial charge >= 0.3 is 0 Å². The molecule has 0 bridgehead atoms. The van der Waals surface area contributed by atoms with Crippen LogP contribution in [0.4, 0.5) is 16.2 Å². The summed E-state index contributed by atoms with van der Waals surface area (Å²) in [5.41, 5.74) is 4.90. The summed E-state index contributed by atoms with van der Waals surface area (Å²) in [7, 11) is 3.25. The van der Waals surface area contributed by atoms with Gasteiger partial charge in [-0.05, 0) is 71.1 Å². The normalized spacial score (nSPS) is 16.1. The maximum atomic E-state index is 17.0. The quantitative estimate of drug-likeness (QED) is 0.0419. The van der Waals surface area contributed by atoms with Crippen LogP contribution in [0.1, 0.15) is 69.5 Å². The first-order valence-electron chi connectivity index (χ1n) is 27.9. The summed E-state index contributed by atoms with van der Waals surface area (Å²) in [4.78, 5) is 74.9. The van der Waals surface area contributed by atoms with Crippen LogP contribution in [-0.2, 0) is 28.7 Å². The second-order valence-electron chi connectivity index (χ2n) is 21.2. The summed E-state index contributed by atoms with van der Waals surface area (Å²) in [5, 5.41) is 33.5. The van der Waals surface area contributed by atoms with Crippen LogP contribution in [0.25, 0.3) is 43.2 Å². The molecule has 7 aromatic rings. The highest BCUT2D eigenvalue weighted by Gasteiger charge is 2.44. The number of carbonyl (C=O) groups is 4. The largest absolute Gasteiger partial charge is 0.508 e. The molecular weight excluding hydrogens is 1120 g/mol. The van der Waals surface area contributed by atoms with Crippen molar-refractivity contribution in [1.82, 2.24) is 40.1 Å². The Labute approximate surface area is 495 Å². The molecule has 4 N–H and O–H groups in total. The van der Waals surface area contributed by atoms with E-state index in [1.165, 1.54) is 29.2 Å². The number of aryl methyl sites for hydroxylation is 1. The monoisotopic (exact) mass is 1190 g/mol. The van der Waals surface area contributed by atoms with Crippen molar-refractivity contribution >= 4 is 80.0 Å². The molecule has 9 rings (SSSR count). The van der Waals surface area contributed by atoms with Crippen molar-refractivity contribution in [1.29, 1.82) is 0 Å². The zero-order valence-corrected chi connectivity index (χ0v) is 49.6. The molecule has 446 valence electrons. The minimum Gasteiger partial charge on any atom is -0.508 e. The fraction of sp³-hybridized carbons (Fsp3) is 0.433. The van der Waals surface area contributed by atoms with E-state index in [4.69, 9.17) is 40.1 Å². The van der Waals surface area contributed by atoms with Crippen molar-refractivity contribution in [3.8, 4) is 38.9 Å². The first-order chi connectivity index (χ1) is 40.4. The number of ether oxygens (including phenoxy) is 4. The molecule has 21 nitrogen and oxygen atoms in total. The zero-order valence-electron chi connectivity index (χ0n) is 48.0. The number of likely N-dealkylation sites (tertiary alicyclic amines) is 1. The molecule has 3 aromatic heterocycles. The predicted molar refractivity (Wildman–Crippen MR) is 317 cm³/mol. The molecule has 4 amide bonds. The summed E-state index contributed by atoms with van der Waals surface area (Å²) >= 11 is 8.42. The summed E-state index contributed by atoms with van der Waals surface area (Å²) in [6.45, 7) is 12.3. The molecule has 4 atom stereocenters. The fourth-order valence-electron chi connectivity index (χ4n) is 10.7. The van der Waals surface area contributed by atoms with Crippen LogP contribution in [0.3, 0.4) is 0 Å². The van der Waals surface area contributed by atoms with Crippen LogP contribution in [0.15, 0.2) is 76.8 Å². The zero-order chi connectivity index (χ0) is 59.8. The molecule has 0 saturated carbocycles. The van der Waals surface area contributed by atoms with Crippen LogP contribution in [0.5, 0.6) is 17.4 Å². The molecule has 0 spiro atoms. The maximum absolute atomic E-state index is 17.0. The van der Waals surface area contributed by atoms with Crippen molar-refractivity contribution in [2.24, 2.45) is 5.92 Å². The number of aromatic hydroxyl groups is 1. The van der Waals surface area contributed by atoms with Crippen molar-refractivity contribution in [2.75, 3.05) is 103 Å². The standard InChI is InChI=1S/C60H70ClFN10O11S/c1-34(2)52(59(78)72-32-41(75)29-47(72)58(77)65-35(3)42-13-12-39(27-48(42)79-7)56-36(4)64-33-84-56)49-31-50(68-83-49)82-25-24-81-23-22-80-21-20-69(6)51(76)14-15-63-60-66-55-45(57(67-60)71-18-16-70(17-19-71)37(5)73)30-46(61)53(54(55)62)44-28-40(74)26-38-10-8-9-11-43(38)44/h8-13,26-28,30-31,33-35,41,47,52,74-75H,14-25,29,32H2,1-7H3,(H,65,77)(H,63,66,67)/t35-,41?,47?,52-/m0/s1. The summed E-state index contributed by atoms with van der Waals surface area (Å²) in [6, 6.07) is 18.0. The number of carbonyl (C=O) groups excluding carboxylic acids is 4. The minimum atomic E-state index is -0.922. The first kappa shape index (κ1) is 60.9. The van der Waals surface area contributed by atoms with Crippen molar-refractivity contribution in [2.45, 2.75) is 71.6 Å². The molecule has 24 heteroatoms. The Morgan fingerprint density at radius 2 is 1.70 bits per heavy atom. The lowest BCUT2D eigenvalue weighted by Gasteiger charge is -2.35. The lowest BCUT2D eigenvalue weighted by atomic mass is 9.91. The van der Waals surface area contributed by atoms with Crippen LogP contribution in [0, 0.1) is 18.7 Å². The Hall–Kier alpha value is -7.70. The van der Waals surface area contributed by atoms with Gasteiger partial charge in [-0.2, -0.15) is 4.98 Å². The number of hydrogen-bond acceptors (Lipinski definition) is 18. The summed E-state index contributed by atoms with van der Waals surface area (Å²) < 4.78 is 45.6. The lowest BCUT2D eigenvalue weighted by Crippen LogP contribution is -2.48. The molecule has 84 heavy (non-hydrogen) atoms. The van der Waals surface area contributed by atoms with E-state index in [-0.39, 0.29) is 122 Å². The molecular formula is C60H70ClFN10O11S. The van der Waals surface area contributed by atoms with Crippen LogP contribution >= 0.6 is 22.9 Å². The van der Waals surface area contributed by atoms with E-state index in [9.17, 15) is 29.4 Å². The Kier molecular flexibility index (Phi) is 19.8. The van der Waals surface area contributed by atoms with Gasteiger partial charge in [-0.1, -0.05) is 61.8 Å². The number of anilines is 2. The molecule has 2 aliphatic heterocycles. The molecule has 0 aliphatic carbocycles. The van der Waals surface area contributed by atoms with E-state index in [0.29, 0.717) is 66.0 Å². The molecule has 2 aliphatic rings. The lowest BCUT2D eigenvalue weighted by molar-refractivity contribution is -0.141. The van der Waals surface area contributed by atoms with E-state index in [2.05, 4.69) is 25.8 Å². The maximum Gasteiger partial charge on any atom is 0.254 e. The highest BCUT2D eigenvalue weighted by atomic mass is 35.5. The number of fused-ring (bicyclic) bond motifs is 2.